The number of hydrogen-bond donors (Lipinski definition) is 1. The summed E-state index contributed by atoms with van der Waals surface area (Å²) in [5, 5.41) is 6.92. The van der Waals surface area contributed by atoms with Crippen LogP contribution in [0.2, 0.25) is 0 Å². The molecule has 6 nitrogen and oxygen atoms in total. The Labute approximate surface area is 187 Å². The fourth-order valence-corrected chi connectivity index (χ4v) is 5.09. The van der Waals surface area contributed by atoms with Gasteiger partial charge in [0.05, 0.1) is 34.3 Å². The molecule has 33 heavy (non-hydrogen) atoms. The Bertz CT molecular complexity index is 1220. The van der Waals surface area contributed by atoms with E-state index < -0.39 is 35.1 Å². The predicted molar refractivity (Wildman–Crippen MR) is 111 cm³/mol. The van der Waals surface area contributed by atoms with Crippen molar-refractivity contribution in [3.63, 3.8) is 0 Å². The number of amides is 1. The summed E-state index contributed by atoms with van der Waals surface area (Å²) in [5.74, 6) is -1.70. The van der Waals surface area contributed by atoms with Crippen LogP contribution in [-0.2, 0) is 12.6 Å². The van der Waals surface area contributed by atoms with Gasteiger partial charge in [0.25, 0.3) is 5.91 Å². The number of carbonyl (C=O) groups excluding carboxylic acids is 1. The fourth-order valence-electron chi connectivity index (χ4n) is 5.09. The van der Waals surface area contributed by atoms with Crippen LogP contribution in [0.3, 0.4) is 0 Å². The zero-order valence-electron chi connectivity index (χ0n) is 17.9. The number of rotatable bonds is 2. The minimum atomic E-state index is -4.89. The lowest BCUT2D eigenvalue weighted by molar-refractivity contribution is -0.140. The quantitative estimate of drug-likeness (QED) is 0.555. The molecule has 4 heterocycles. The van der Waals surface area contributed by atoms with Gasteiger partial charge in [0.1, 0.15) is 11.6 Å². The van der Waals surface area contributed by atoms with Crippen molar-refractivity contribution < 1.29 is 22.4 Å². The number of H-pyrrole nitrogens is 1. The molecular formula is C23H21F4N5O. The summed E-state index contributed by atoms with van der Waals surface area (Å²) in [7, 11) is 0. The average molecular weight is 459 g/mol. The predicted octanol–water partition coefficient (Wildman–Crippen LogP) is 4.87. The lowest BCUT2D eigenvalue weighted by atomic mass is 9.76. The molecule has 0 saturated carbocycles. The topological polar surface area (TPSA) is 74.8 Å². The van der Waals surface area contributed by atoms with Crippen molar-refractivity contribution in [2.45, 2.75) is 51.4 Å². The molecule has 1 aromatic carbocycles. The van der Waals surface area contributed by atoms with E-state index in [2.05, 4.69) is 20.2 Å². The molecule has 1 unspecified atom stereocenters. The van der Waals surface area contributed by atoms with Crippen molar-refractivity contribution in [1.82, 2.24) is 25.1 Å². The monoisotopic (exact) mass is 459 g/mol. The number of aromatic nitrogens is 4. The second-order valence-electron chi connectivity index (χ2n) is 8.67. The third-order valence-corrected chi connectivity index (χ3v) is 6.65. The van der Waals surface area contributed by atoms with Gasteiger partial charge in [-0.2, -0.15) is 18.3 Å². The lowest BCUT2D eigenvalue weighted by Gasteiger charge is -2.49. The van der Waals surface area contributed by atoms with Crippen molar-refractivity contribution in [2.75, 3.05) is 0 Å². The van der Waals surface area contributed by atoms with E-state index in [9.17, 15) is 22.4 Å². The molecule has 2 aromatic heterocycles. The first-order chi connectivity index (χ1) is 15.7. The third kappa shape index (κ3) is 3.48. The van der Waals surface area contributed by atoms with Gasteiger partial charge in [-0.1, -0.05) is 13.0 Å². The van der Waals surface area contributed by atoms with Crippen LogP contribution in [-0.4, -0.2) is 37.0 Å². The first-order valence-electron chi connectivity index (χ1n) is 10.7. The molecular weight excluding hydrogens is 438 g/mol. The van der Waals surface area contributed by atoms with Crippen molar-refractivity contribution in [2.24, 2.45) is 5.92 Å². The highest BCUT2D eigenvalue weighted by Gasteiger charge is 2.46. The highest BCUT2D eigenvalue weighted by atomic mass is 19.4. The normalized spacial score (nSPS) is 22.2. The first-order valence-corrected chi connectivity index (χ1v) is 10.7. The minimum Gasteiger partial charge on any atom is -0.326 e. The van der Waals surface area contributed by atoms with Crippen molar-refractivity contribution in [3.05, 3.63) is 64.5 Å². The molecule has 0 spiro atoms. The van der Waals surface area contributed by atoms with Gasteiger partial charge in [0, 0.05) is 17.8 Å². The number of aromatic amines is 1. The standard InChI is InChI=1S/C23H21F4N5O/c1-11-6-7-17-21-14(20(29-12(2)30-21)16-8-9-28-31-16)10-18(11)32(17)22(33)13-4-3-5-15(19(13)24)23(25,26)27/h3-5,8-9,11,17-18H,6-7,10H2,1-2H3,(H,28,31)/t11?,17-,18-/m0/s1. The molecule has 0 aliphatic carbocycles. The Balaban J connectivity index is 1.63. The molecule has 10 heteroatoms. The number of aryl methyl sites for hydroxylation is 1. The van der Waals surface area contributed by atoms with Gasteiger partial charge in [0.2, 0.25) is 0 Å². The molecule has 2 aliphatic rings. The summed E-state index contributed by atoms with van der Waals surface area (Å²) in [4.78, 5) is 24.3. The second-order valence-corrected chi connectivity index (χ2v) is 8.67. The largest absolute Gasteiger partial charge is 0.419 e. The molecule has 0 radical (unpaired) electrons. The summed E-state index contributed by atoms with van der Waals surface area (Å²) in [5.41, 5.74) is 0.971. The van der Waals surface area contributed by atoms with Gasteiger partial charge in [0.15, 0.2) is 0 Å². The maximum Gasteiger partial charge on any atom is 0.419 e. The lowest BCUT2D eigenvalue weighted by Crippen LogP contribution is -2.54. The molecule has 1 N–H and O–H groups in total. The zero-order valence-corrected chi connectivity index (χ0v) is 17.9. The second kappa shape index (κ2) is 7.64. The Morgan fingerprint density at radius 2 is 1.97 bits per heavy atom. The highest BCUT2D eigenvalue weighted by molar-refractivity contribution is 5.95. The first kappa shape index (κ1) is 21.5. The number of halogens is 4. The number of fused-ring (bicyclic) bond motifs is 4. The van der Waals surface area contributed by atoms with Gasteiger partial charge < -0.3 is 4.90 Å². The van der Waals surface area contributed by atoms with Crippen LogP contribution in [0.1, 0.15) is 58.8 Å². The van der Waals surface area contributed by atoms with Crippen molar-refractivity contribution >= 4 is 5.91 Å². The number of hydrogen-bond acceptors (Lipinski definition) is 4. The summed E-state index contributed by atoms with van der Waals surface area (Å²) in [6.07, 6.45) is -1.44. The average Bonchev–Trinajstić information content (AvgIpc) is 3.29. The van der Waals surface area contributed by atoms with E-state index in [0.717, 1.165) is 29.8 Å². The van der Waals surface area contributed by atoms with Crippen molar-refractivity contribution in [3.8, 4) is 11.4 Å². The highest BCUT2D eigenvalue weighted by Crippen LogP contribution is 2.46. The number of benzene rings is 1. The molecule has 1 fully saturated rings. The SMILES string of the molecule is Cc1nc(-c2ccn[nH]2)c2c(n1)[C@@H]1CCC(C)[C@H](C2)N1C(=O)c1cccc(C(F)(F)F)c1F. The minimum absolute atomic E-state index is 0.0723. The molecule has 1 saturated heterocycles. The van der Waals surface area contributed by atoms with Gasteiger partial charge >= 0.3 is 6.18 Å². The molecule has 3 aromatic rings. The van der Waals surface area contributed by atoms with Crippen molar-refractivity contribution in [1.29, 1.82) is 0 Å². The number of nitrogens with one attached hydrogen (secondary N) is 1. The van der Waals surface area contributed by atoms with E-state index in [1.807, 2.05) is 6.92 Å². The van der Waals surface area contributed by atoms with Gasteiger partial charge in [-0.25, -0.2) is 14.4 Å². The maximum absolute atomic E-state index is 14.9. The molecule has 3 atom stereocenters. The zero-order chi connectivity index (χ0) is 23.5. The van der Waals surface area contributed by atoms with Gasteiger partial charge in [-0.3, -0.25) is 9.89 Å². The molecule has 2 bridgehead atoms. The Morgan fingerprint density at radius 3 is 2.67 bits per heavy atom. The maximum atomic E-state index is 14.9. The van der Waals surface area contributed by atoms with Crippen LogP contribution in [0.25, 0.3) is 11.4 Å². The fraction of sp³-hybridized carbons (Fsp3) is 0.391. The smallest absolute Gasteiger partial charge is 0.326 e. The number of piperidine rings is 1. The van der Waals surface area contributed by atoms with E-state index in [1.165, 1.54) is 4.90 Å². The van der Waals surface area contributed by atoms with Crippen LogP contribution >= 0.6 is 0 Å². The summed E-state index contributed by atoms with van der Waals surface area (Å²) in [6.45, 7) is 3.75. The molecule has 5 rings (SSSR count). The van der Waals surface area contributed by atoms with E-state index in [-0.39, 0.29) is 12.0 Å². The van der Waals surface area contributed by atoms with Gasteiger partial charge in [-0.05, 0) is 50.3 Å². The Hall–Kier alpha value is -3.30. The van der Waals surface area contributed by atoms with Crippen LogP contribution in [0, 0.1) is 18.7 Å². The van der Waals surface area contributed by atoms with Crippen LogP contribution in [0.4, 0.5) is 17.6 Å². The van der Waals surface area contributed by atoms with E-state index in [1.54, 1.807) is 19.2 Å². The molecule has 172 valence electrons. The van der Waals surface area contributed by atoms with Crippen LogP contribution < -0.4 is 0 Å². The Morgan fingerprint density at radius 1 is 1.18 bits per heavy atom. The molecule has 1 amide bonds. The number of alkyl halides is 3. The van der Waals surface area contributed by atoms with Gasteiger partial charge in [-0.15, -0.1) is 0 Å². The van der Waals surface area contributed by atoms with Crippen LogP contribution in [0.5, 0.6) is 0 Å². The summed E-state index contributed by atoms with van der Waals surface area (Å²) >= 11 is 0. The van der Waals surface area contributed by atoms with E-state index in [4.69, 9.17) is 0 Å². The van der Waals surface area contributed by atoms with Crippen LogP contribution in [0.15, 0.2) is 30.5 Å². The number of nitrogens with zero attached hydrogens (tertiary/aromatic N) is 4. The third-order valence-electron chi connectivity index (χ3n) is 6.65. The van der Waals surface area contributed by atoms with E-state index in [0.29, 0.717) is 36.1 Å². The molecule has 2 aliphatic heterocycles. The van der Waals surface area contributed by atoms with E-state index >= 15 is 0 Å². The summed E-state index contributed by atoms with van der Waals surface area (Å²) < 4.78 is 54.6. The number of carbonyl (C=O) groups is 1. The summed E-state index contributed by atoms with van der Waals surface area (Å²) in [6, 6.07) is 3.85. The Kier molecular flexibility index (Phi) is 4.98.